The Kier molecular flexibility index (Phi) is 6.12. The summed E-state index contributed by atoms with van der Waals surface area (Å²) in [5.74, 6) is 0.573. The van der Waals surface area contributed by atoms with E-state index in [2.05, 4.69) is 38.9 Å². The second-order valence-electron chi connectivity index (χ2n) is 5.73. The molecular formula is C16H27N5O. The quantitative estimate of drug-likeness (QED) is 0.806. The number of amides is 1. The number of hydrogen-bond acceptors (Lipinski definition) is 5. The van der Waals surface area contributed by atoms with E-state index in [-0.39, 0.29) is 5.91 Å². The number of rotatable bonds is 6. The smallest absolute Gasteiger partial charge is 0.270 e. The van der Waals surface area contributed by atoms with Crippen molar-refractivity contribution in [2.24, 2.45) is 0 Å². The molecule has 1 aliphatic rings. The van der Waals surface area contributed by atoms with Crippen LogP contribution in [0, 0.1) is 6.92 Å². The Morgan fingerprint density at radius 1 is 1.23 bits per heavy atom. The van der Waals surface area contributed by atoms with Crippen LogP contribution >= 0.6 is 0 Å². The summed E-state index contributed by atoms with van der Waals surface area (Å²) in [6, 6.07) is 1.76. The van der Waals surface area contributed by atoms with Crippen LogP contribution in [0.3, 0.4) is 0 Å². The van der Waals surface area contributed by atoms with Crippen LogP contribution in [0.1, 0.15) is 42.9 Å². The third-order valence-electron chi connectivity index (χ3n) is 3.99. The second-order valence-corrected chi connectivity index (χ2v) is 5.73. The first-order valence-electron chi connectivity index (χ1n) is 8.25. The normalized spacial score (nSPS) is 15.9. The predicted molar refractivity (Wildman–Crippen MR) is 88.3 cm³/mol. The van der Waals surface area contributed by atoms with Crippen LogP contribution in [-0.2, 0) is 0 Å². The minimum absolute atomic E-state index is 0.104. The van der Waals surface area contributed by atoms with Gasteiger partial charge in [0.25, 0.3) is 5.91 Å². The van der Waals surface area contributed by atoms with E-state index >= 15 is 0 Å². The molecule has 6 nitrogen and oxygen atoms in total. The first-order valence-corrected chi connectivity index (χ1v) is 8.25. The minimum Gasteiger partial charge on any atom is -0.351 e. The largest absolute Gasteiger partial charge is 0.351 e. The van der Waals surface area contributed by atoms with Gasteiger partial charge in [0.1, 0.15) is 5.69 Å². The number of carbonyl (C=O) groups excluding carboxylic acids is 1. The lowest BCUT2D eigenvalue weighted by Gasteiger charge is -2.34. The van der Waals surface area contributed by atoms with E-state index in [0.717, 1.165) is 51.3 Å². The van der Waals surface area contributed by atoms with Crippen LogP contribution in [0.25, 0.3) is 0 Å². The van der Waals surface area contributed by atoms with Gasteiger partial charge in [0.2, 0.25) is 5.95 Å². The molecule has 1 amide bonds. The number of piperazine rings is 1. The van der Waals surface area contributed by atoms with E-state index in [1.807, 2.05) is 6.92 Å². The summed E-state index contributed by atoms with van der Waals surface area (Å²) in [4.78, 5) is 25.7. The topological polar surface area (TPSA) is 61.4 Å². The van der Waals surface area contributed by atoms with Crippen LogP contribution in [-0.4, -0.2) is 60.0 Å². The highest BCUT2D eigenvalue weighted by molar-refractivity contribution is 5.92. The molecule has 0 aliphatic carbocycles. The summed E-state index contributed by atoms with van der Waals surface area (Å²) in [6.07, 6.45) is 2.05. The number of anilines is 1. The molecule has 122 valence electrons. The fourth-order valence-electron chi connectivity index (χ4n) is 2.54. The molecular weight excluding hydrogens is 278 g/mol. The molecule has 6 heteroatoms. The molecule has 1 aliphatic heterocycles. The maximum atomic E-state index is 12.2. The van der Waals surface area contributed by atoms with Crippen molar-refractivity contribution >= 4 is 11.9 Å². The summed E-state index contributed by atoms with van der Waals surface area (Å²) in [5, 5.41) is 2.92. The molecule has 0 unspecified atom stereocenters. The molecule has 0 radical (unpaired) electrons. The zero-order chi connectivity index (χ0) is 15.9. The zero-order valence-electron chi connectivity index (χ0n) is 13.9. The Labute approximate surface area is 132 Å². The van der Waals surface area contributed by atoms with Crippen LogP contribution in [0.4, 0.5) is 5.95 Å². The van der Waals surface area contributed by atoms with Gasteiger partial charge in [-0.1, -0.05) is 20.3 Å². The van der Waals surface area contributed by atoms with Gasteiger partial charge in [0.15, 0.2) is 0 Å². The predicted octanol–water partition coefficient (Wildman–Crippen LogP) is 1.46. The Hall–Kier alpha value is -1.69. The van der Waals surface area contributed by atoms with E-state index in [1.54, 1.807) is 6.07 Å². The van der Waals surface area contributed by atoms with Crippen LogP contribution in [0.2, 0.25) is 0 Å². The molecule has 22 heavy (non-hydrogen) atoms. The molecule has 0 saturated carbocycles. The number of likely N-dealkylation sites (N-methyl/N-ethyl adjacent to an activating group) is 1. The molecule has 1 fully saturated rings. The van der Waals surface area contributed by atoms with Crippen molar-refractivity contribution < 1.29 is 4.79 Å². The molecule has 1 aromatic rings. The van der Waals surface area contributed by atoms with E-state index in [1.165, 1.54) is 0 Å². The average molecular weight is 305 g/mol. The number of aryl methyl sites for hydroxylation is 1. The van der Waals surface area contributed by atoms with Gasteiger partial charge in [-0.05, 0) is 26.0 Å². The Morgan fingerprint density at radius 3 is 2.59 bits per heavy atom. The minimum atomic E-state index is -0.104. The molecule has 1 saturated heterocycles. The summed E-state index contributed by atoms with van der Waals surface area (Å²) in [7, 11) is 0. The molecule has 2 heterocycles. The lowest BCUT2D eigenvalue weighted by atomic mass is 10.3. The van der Waals surface area contributed by atoms with Crippen molar-refractivity contribution in [2.75, 3.05) is 44.2 Å². The third kappa shape index (κ3) is 4.40. The van der Waals surface area contributed by atoms with Gasteiger partial charge < -0.3 is 15.1 Å². The summed E-state index contributed by atoms with van der Waals surface area (Å²) >= 11 is 0. The van der Waals surface area contributed by atoms with Crippen LogP contribution in [0.5, 0.6) is 0 Å². The fourth-order valence-corrected chi connectivity index (χ4v) is 2.54. The third-order valence-corrected chi connectivity index (χ3v) is 3.99. The average Bonchev–Trinajstić information content (AvgIpc) is 2.54. The molecule has 1 aromatic heterocycles. The zero-order valence-corrected chi connectivity index (χ0v) is 13.9. The summed E-state index contributed by atoms with van der Waals surface area (Å²) in [6.45, 7) is 11.8. The SMILES string of the molecule is CCCCNC(=O)c1cc(C)nc(N2CCN(CC)CC2)n1. The van der Waals surface area contributed by atoms with Gasteiger partial charge in [-0.25, -0.2) is 9.97 Å². The lowest BCUT2D eigenvalue weighted by molar-refractivity contribution is 0.0948. The Bertz CT molecular complexity index is 497. The Balaban J connectivity index is 2.05. The number of aromatic nitrogens is 2. The number of nitrogens with zero attached hydrogens (tertiary/aromatic N) is 4. The first kappa shape index (κ1) is 16.7. The maximum absolute atomic E-state index is 12.2. The monoisotopic (exact) mass is 305 g/mol. The molecule has 0 atom stereocenters. The van der Waals surface area contributed by atoms with E-state index in [4.69, 9.17) is 0 Å². The van der Waals surface area contributed by atoms with Gasteiger partial charge in [-0.2, -0.15) is 0 Å². The highest BCUT2D eigenvalue weighted by atomic mass is 16.1. The molecule has 0 spiro atoms. The maximum Gasteiger partial charge on any atom is 0.270 e. The lowest BCUT2D eigenvalue weighted by Crippen LogP contribution is -2.47. The van der Waals surface area contributed by atoms with E-state index in [9.17, 15) is 4.79 Å². The van der Waals surface area contributed by atoms with Crippen molar-refractivity contribution in [2.45, 2.75) is 33.6 Å². The number of carbonyl (C=O) groups is 1. The summed E-state index contributed by atoms with van der Waals surface area (Å²) < 4.78 is 0. The van der Waals surface area contributed by atoms with Crippen molar-refractivity contribution in [1.29, 1.82) is 0 Å². The number of nitrogens with one attached hydrogen (secondary N) is 1. The van der Waals surface area contributed by atoms with Crippen molar-refractivity contribution in [1.82, 2.24) is 20.2 Å². The van der Waals surface area contributed by atoms with Gasteiger partial charge in [-0.15, -0.1) is 0 Å². The molecule has 0 aromatic carbocycles. The first-order chi connectivity index (χ1) is 10.6. The molecule has 1 N–H and O–H groups in total. The van der Waals surface area contributed by atoms with Gasteiger partial charge in [-0.3, -0.25) is 4.79 Å². The number of unbranched alkanes of at least 4 members (excludes halogenated alkanes) is 1. The van der Waals surface area contributed by atoms with E-state index in [0.29, 0.717) is 18.2 Å². The van der Waals surface area contributed by atoms with Crippen molar-refractivity contribution in [3.8, 4) is 0 Å². The number of hydrogen-bond donors (Lipinski definition) is 1. The molecule has 0 bridgehead atoms. The van der Waals surface area contributed by atoms with Crippen molar-refractivity contribution in [3.63, 3.8) is 0 Å². The van der Waals surface area contributed by atoms with Crippen LogP contribution < -0.4 is 10.2 Å². The highest BCUT2D eigenvalue weighted by Crippen LogP contribution is 2.13. The Morgan fingerprint density at radius 2 is 1.95 bits per heavy atom. The summed E-state index contributed by atoms with van der Waals surface area (Å²) in [5.41, 5.74) is 1.31. The van der Waals surface area contributed by atoms with Crippen LogP contribution in [0.15, 0.2) is 6.07 Å². The van der Waals surface area contributed by atoms with Gasteiger partial charge in [0.05, 0.1) is 0 Å². The standard InChI is InChI=1S/C16H27N5O/c1-4-6-7-17-15(22)14-12-13(3)18-16(19-14)21-10-8-20(5-2)9-11-21/h12H,4-11H2,1-3H3,(H,17,22). The highest BCUT2D eigenvalue weighted by Gasteiger charge is 2.19. The van der Waals surface area contributed by atoms with Crippen molar-refractivity contribution in [3.05, 3.63) is 17.5 Å². The van der Waals surface area contributed by atoms with Gasteiger partial charge >= 0.3 is 0 Å². The fraction of sp³-hybridized carbons (Fsp3) is 0.688. The van der Waals surface area contributed by atoms with E-state index < -0.39 is 0 Å². The molecule has 2 rings (SSSR count). The van der Waals surface area contributed by atoms with Gasteiger partial charge in [0, 0.05) is 38.4 Å². The second kappa shape index (κ2) is 8.08.